The maximum atomic E-state index is 12.7. The van der Waals surface area contributed by atoms with Crippen LogP contribution in [-0.2, 0) is 11.8 Å². The molecule has 0 spiro atoms. The van der Waals surface area contributed by atoms with Crippen molar-refractivity contribution in [3.05, 3.63) is 30.6 Å². The first-order valence-corrected chi connectivity index (χ1v) is 10.2. The standard InChI is InChI=1S/C21H27N7O2/c1-21(2,30)13-28-8-6-14(7-9-28)19(29)24-20-22-11-16-5-4-15(10-17(16)23-20)18-12-27(3)26-25-18/h4-5,10-12,14,30H,6-9,13H2,1-3H3,(H,22,23,24,29). The van der Waals surface area contributed by atoms with Gasteiger partial charge in [-0.05, 0) is 45.8 Å². The molecule has 1 saturated heterocycles. The SMILES string of the molecule is Cn1cc(-c2ccc3cnc(NC(=O)C4CCN(CC(C)(C)O)CC4)nc3c2)nn1. The number of fused-ring (bicyclic) bond motifs is 1. The fourth-order valence-electron chi connectivity index (χ4n) is 3.84. The van der Waals surface area contributed by atoms with E-state index >= 15 is 0 Å². The topological polar surface area (TPSA) is 109 Å². The smallest absolute Gasteiger partial charge is 0.229 e. The van der Waals surface area contributed by atoms with Gasteiger partial charge in [-0.15, -0.1) is 5.10 Å². The highest BCUT2D eigenvalue weighted by Crippen LogP contribution is 2.23. The zero-order valence-corrected chi connectivity index (χ0v) is 17.5. The van der Waals surface area contributed by atoms with E-state index in [4.69, 9.17) is 0 Å². The van der Waals surface area contributed by atoms with E-state index in [0.717, 1.165) is 48.1 Å². The van der Waals surface area contributed by atoms with Crippen LogP contribution in [0.3, 0.4) is 0 Å². The molecule has 2 N–H and O–H groups in total. The minimum Gasteiger partial charge on any atom is -0.389 e. The van der Waals surface area contributed by atoms with Gasteiger partial charge in [0.25, 0.3) is 0 Å². The number of hydrogen-bond acceptors (Lipinski definition) is 7. The van der Waals surface area contributed by atoms with E-state index in [0.29, 0.717) is 12.5 Å². The Morgan fingerprint density at radius 3 is 2.73 bits per heavy atom. The van der Waals surface area contributed by atoms with E-state index in [1.54, 1.807) is 24.7 Å². The number of aliphatic hydroxyl groups is 1. The molecule has 1 aliphatic heterocycles. The molecule has 1 aromatic carbocycles. The number of benzene rings is 1. The number of carbonyl (C=O) groups is 1. The highest BCUT2D eigenvalue weighted by atomic mass is 16.3. The minimum absolute atomic E-state index is 0.0534. The Balaban J connectivity index is 1.43. The third-order valence-electron chi connectivity index (χ3n) is 5.29. The molecule has 1 aliphatic rings. The number of amides is 1. The molecule has 1 fully saturated rings. The lowest BCUT2D eigenvalue weighted by Gasteiger charge is -2.34. The summed E-state index contributed by atoms with van der Waals surface area (Å²) >= 11 is 0. The summed E-state index contributed by atoms with van der Waals surface area (Å²) in [5, 5.41) is 21.8. The first-order chi connectivity index (χ1) is 14.3. The first kappa shape index (κ1) is 20.4. The summed E-state index contributed by atoms with van der Waals surface area (Å²) in [5.41, 5.74) is 1.69. The largest absolute Gasteiger partial charge is 0.389 e. The molecule has 0 aliphatic carbocycles. The maximum absolute atomic E-state index is 12.7. The van der Waals surface area contributed by atoms with Crippen LogP contribution in [0.15, 0.2) is 30.6 Å². The van der Waals surface area contributed by atoms with Gasteiger partial charge < -0.3 is 10.0 Å². The van der Waals surface area contributed by atoms with Crippen molar-refractivity contribution in [3.63, 3.8) is 0 Å². The molecule has 1 amide bonds. The van der Waals surface area contributed by atoms with Gasteiger partial charge in [0.1, 0.15) is 5.69 Å². The summed E-state index contributed by atoms with van der Waals surface area (Å²) in [7, 11) is 1.82. The van der Waals surface area contributed by atoms with Crippen LogP contribution in [0.5, 0.6) is 0 Å². The summed E-state index contributed by atoms with van der Waals surface area (Å²) in [5.74, 6) is 0.179. The van der Waals surface area contributed by atoms with Crippen molar-refractivity contribution in [2.24, 2.45) is 13.0 Å². The Hall–Kier alpha value is -2.91. The van der Waals surface area contributed by atoms with Crippen molar-refractivity contribution in [1.29, 1.82) is 0 Å². The molecule has 9 nitrogen and oxygen atoms in total. The number of piperidine rings is 1. The highest BCUT2D eigenvalue weighted by Gasteiger charge is 2.28. The lowest BCUT2D eigenvalue weighted by molar-refractivity contribution is -0.121. The van der Waals surface area contributed by atoms with Gasteiger partial charge in [-0.3, -0.25) is 14.8 Å². The molecular weight excluding hydrogens is 382 g/mol. The molecule has 2 aromatic heterocycles. The van der Waals surface area contributed by atoms with Gasteiger partial charge in [-0.25, -0.2) is 9.97 Å². The van der Waals surface area contributed by atoms with Gasteiger partial charge >= 0.3 is 0 Å². The molecule has 0 unspecified atom stereocenters. The second-order valence-corrected chi connectivity index (χ2v) is 8.60. The van der Waals surface area contributed by atoms with Gasteiger partial charge in [-0.1, -0.05) is 17.3 Å². The number of aryl methyl sites for hydroxylation is 1. The van der Waals surface area contributed by atoms with Crippen molar-refractivity contribution in [2.45, 2.75) is 32.3 Å². The van der Waals surface area contributed by atoms with E-state index < -0.39 is 5.60 Å². The average Bonchev–Trinajstić information content (AvgIpc) is 3.13. The van der Waals surface area contributed by atoms with E-state index in [2.05, 4.69) is 30.5 Å². The van der Waals surface area contributed by atoms with E-state index in [-0.39, 0.29) is 11.8 Å². The first-order valence-electron chi connectivity index (χ1n) is 10.2. The van der Waals surface area contributed by atoms with Crippen LogP contribution in [0.4, 0.5) is 5.95 Å². The van der Waals surface area contributed by atoms with Crippen molar-refractivity contribution in [3.8, 4) is 11.3 Å². The van der Waals surface area contributed by atoms with E-state index in [9.17, 15) is 9.90 Å². The van der Waals surface area contributed by atoms with Gasteiger partial charge in [0, 0.05) is 36.7 Å². The van der Waals surface area contributed by atoms with Crippen LogP contribution >= 0.6 is 0 Å². The Labute approximate surface area is 175 Å². The summed E-state index contributed by atoms with van der Waals surface area (Å²) in [6, 6.07) is 5.81. The summed E-state index contributed by atoms with van der Waals surface area (Å²) < 4.78 is 1.65. The van der Waals surface area contributed by atoms with Gasteiger partial charge in [0.2, 0.25) is 11.9 Å². The van der Waals surface area contributed by atoms with Crippen LogP contribution in [0.1, 0.15) is 26.7 Å². The fourth-order valence-corrected chi connectivity index (χ4v) is 3.84. The average molecular weight is 409 g/mol. The number of hydrogen-bond donors (Lipinski definition) is 2. The Morgan fingerprint density at radius 2 is 2.07 bits per heavy atom. The van der Waals surface area contributed by atoms with Gasteiger partial charge in [0.05, 0.1) is 17.3 Å². The Morgan fingerprint density at radius 1 is 1.30 bits per heavy atom. The molecule has 4 rings (SSSR count). The predicted molar refractivity (Wildman–Crippen MR) is 114 cm³/mol. The van der Waals surface area contributed by atoms with Crippen molar-refractivity contribution >= 4 is 22.8 Å². The quantitative estimate of drug-likeness (QED) is 0.662. The molecule has 30 heavy (non-hydrogen) atoms. The number of likely N-dealkylation sites (tertiary alicyclic amines) is 1. The van der Waals surface area contributed by atoms with Crippen LogP contribution < -0.4 is 5.32 Å². The number of nitrogens with zero attached hydrogens (tertiary/aromatic N) is 6. The lowest BCUT2D eigenvalue weighted by atomic mass is 9.95. The highest BCUT2D eigenvalue weighted by molar-refractivity contribution is 5.92. The number of aromatic nitrogens is 5. The zero-order chi connectivity index (χ0) is 21.3. The second-order valence-electron chi connectivity index (χ2n) is 8.60. The summed E-state index contributed by atoms with van der Waals surface area (Å²) in [4.78, 5) is 23.7. The summed E-state index contributed by atoms with van der Waals surface area (Å²) in [6.07, 6.45) is 5.07. The minimum atomic E-state index is -0.724. The molecule has 0 radical (unpaired) electrons. The number of anilines is 1. The number of nitrogens with one attached hydrogen (secondary N) is 1. The molecule has 0 saturated carbocycles. The number of rotatable bonds is 5. The molecule has 9 heteroatoms. The van der Waals surface area contributed by atoms with Crippen molar-refractivity contribution in [2.75, 3.05) is 25.0 Å². The molecule has 158 valence electrons. The second kappa shape index (κ2) is 8.08. The Bertz CT molecular complexity index is 1050. The van der Waals surface area contributed by atoms with Crippen LogP contribution in [0.25, 0.3) is 22.2 Å². The molecule has 0 atom stereocenters. The van der Waals surface area contributed by atoms with Gasteiger partial charge in [0.15, 0.2) is 0 Å². The molecular formula is C21H27N7O2. The predicted octanol–water partition coefficient (Wildman–Crippen LogP) is 1.85. The van der Waals surface area contributed by atoms with E-state index in [1.807, 2.05) is 31.4 Å². The number of carbonyl (C=O) groups excluding carboxylic acids is 1. The van der Waals surface area contributed by atoms with Crippen LogP contribution in [-0.4, -0.2) is 66.1 Å². The normalized spacial score (nSPS) is 16.1. The van der Waals surface area contributed by atoms with E-state index in [1.165, 1.54) is 0 Å². The summed E-state index contributed by atoms with van der Waals surface area (Å²) in [6.45, 7) is 5.81. The third kappa shape index (κ3) is 4.80. The lowest BCUT2D eigenvalue weighted by Crippen LogP contribution is -2.44. The Kier molecular flexibility index (Phi) is 5.48. The molecule has 3 aromatic rings. The fraction of sp³-hybridized carbons (Fsp3) is 0.476. The number of β-amino-alcohol motifs (C(OH)–C–C–N with tert-alkyl or cyclic N) is 1. The van der Waals surface area contributed by atoms with Crippen molar-refractivity contribution < 1.29 is 9.90 Å². The van der Waals surface area contributed by atoms with Crippen LogP contribution in [0.2, 0.25) is 0 Å². The van der Waals surface area contributed by atoms with Crippen molar-refractivity contribution in [1.82, 2.24) is 29.9 Å². The van der Waals surface area contributed by atoms with Crippen LogP contribution in [0, 0.1) is 5.92 Å². The molecule has 0 bridgehead atoms. The molecule has 3 heterocycles. The van der Waals surface area contributed by atoms with Gasteiger partial charge in [-0.2, -0.15) is 0 Å². The maximum Gasteiger partial charge on any atom is 0.229 e. The monoisotopic (exact) mass is 409 g/mol. The zero-order valence-electron chi connectivity index (χ0n) is 17.5. The third-order valence-corrected chi connectivity index (χ3v) is 5.29.